The Bertz CT molecular complexity index is 1050. The number of hydrogen-bond donors (Lipinski definition) is 1. The third kappa shape index (κ3) is 4.23. The number of fused-ring (bicyclic) bond motifs is 2. The summed E-state index contributed by atoms with van der Waals surface area (Å²) in [6.45, 7) is 3.38. The Kier molecular flexibility index (Phi) is 5.51. The van der Waals surface area contributed by atoms with Gasteiger partial charge in [-0.05, 0) is 73.8 Å². The maximum absolute atomic E-state index is 13.9. The molecule has 2 aliphatic heterocycles. The molecule has 1 fully saturated rings. The molecule has 2 heterocycles. The van der Waals surface area contributed by atoms with Crippen molar-refractivity contribution in [1.29, 1.82) is 0 Å². The van der Waals surface area contributed by atoms with Gasteiger partial charge in [-0.15, -0.1) is 0 Å². The highest BCUT2D eigenvalue weighted by molar-refractivity contribution is 5.73. The molecule has 2 aliphatic rings. The van der Waals surface area contributed by atoms with Gasteiger partial charge in [-0.2, -0.15) is 0 Å². The Balaban J connectivity index is 1.38. The lowest BCUT2D eigenvalue weighted by Crippen LogP contribution is -2.39. The van der Waals surface area contributed by atoms with Crippen LogP contribution in [0.3, 0.4) is 0 Å². The first kappa shape index (κ1) is 19.9. The van der Waals surface area contributed by atoms with Crippen LogP contribution in [0.15, 0.2) is 66.7 Å². The Morgan fingerprint density at radius 1 is 1.00 bits per heavy atom. The normalized spacial score (nSPS) is 18.2. The fraction of sp³-hybridized carbons (Fsp3) is 0.308. The number of benzene rings is 3. The van der Waals surface area contributed by atoms with Crippen LogP contribution in [-0.2, 0) is 13.0 Å². The van der Waals surface area contributed by atoms with E-state index in [-0.39, 0.29) is 5.82 Å². The van der Waals surface area contributed by atoms with E-state index in [2.05, 4.69) is 28.0 Å². The van der Waals surface area contributed by atoms with Crippen molar-refractivity contribution < 1.29 is 9.13 Å². The van der Waals surface area contributed by atoms with E-state index in [4.69, 9.17) is 10.5 Å². The number of nitrogens with two attached hydrogens (primary N) is 1. The van der Waals surface area contributed by atoms with Crippen LogP contribution < -0.4 is 15.4 Å². The molecule has 0 saturated carbocycles. The predicted molar refractivity (Wildman–Crippen MR) is 123 cm³/mol. The van der Waals surface area contributed by atoms with Crippen LogP contribution in [0.25, 0.3) is 0 Å². The van der Waals surface area contributed by atoms with Crippen molar-refractivity contribution in [3.8, 4) is 5.75 Å². The summed E-state index contributed by atoms with van der Waals surface area (Å²) in [6.07, 6.45) is 3.38. The highest BCUT2D eigenvalue weighted by atomic mass is 19.1. The van der Waals surface area contributed by atoms with Crippen molar-refractivity contribution in [3.05, 3.63) is 83.7 Å². The molecule has 31 heavy (non-hydrogen) atoms. The van der Waals surface area contributed by atoms with Crippen molar-refractivity contribution in [3.63, 3.8) is 0 Å². The Morgan fingerprint density at radius 2 is 1.84 bits per heavy atom. The van der Waals surface area contributed by atoms with Gasteiger partial charge in [0, 0.05) is 36.1 Å². The minimum Gasteiger partial charge on any atom is -0.487 e. The topological polar surface area (TPSA) is 41.7 Å². The maximum atomic E-state index is 13.9. The number of ether oxygens (including phenoxy) is 1. The van der Waals surface area contributed by atoms with Crippen LogP contribution in [0.4, 0.5) is 21.5 Å². The number of halogens is 1. The molecule has 0 spiro atoms. The van der Waals surface area contributed by atoms with E-state index in [1.54, 1.807) is 12.1 Å². The second kappa shape index (κ2) is 8.60. The summed E-state index contributed by atoms with van der Waals surface area (Å²) < 4.78 is 20.0. The van der Waals surface area contributed by atoms with E-state index in [0.717, 1.165) is 60.9 Å². The smallest absolute Gasteiger partial charge is 0.143 e. The average Bonchev–Trinajstić information content (AvgIpc) is 3.17. The van der Waals surface area contributed by atoms with Gasteiger partial charge in [0.25, 0.3) is 0 Å². The molecule has 3 aromatic carbocycles. The summed E-state index contributed by atoms with van der Waals surface area (Å²) in [4.78, 5) is 4.91. The molecular formula is C26H28FN3O. The molecule has 0 aromatic heterocycles. The zero-order chi connectivity index (χ0) is 21.2. The highest BCUT2D eigenvalue weighted by Crippen LogP contribution is 2.40. The molecule has 2 N–H and O–H groups in total. The fourth-order valence-electron chi connectivity index (χ4n) is 4.78. The van der Waals surface area contributed by atoms with Gasteiger partial charge in [-0.1, -0.05) is 24.3 Å². The van der Waals surface area contributed by atoms with Crippen LogP contribution >= 0.6 is 0 Å². The van der Waals surface area contributed by atoms with Crippen LogP contribution in [0.5, 0.6) is 5.75 Å². The van der Waals surface area contributed by atoms with Crippen LogP contribution in [0, 0.1) is 5.82 Å². The van der Waals surface area contributed by atoms with Crippen molar-refractivity contribution in [1.82, 2.24) is 4.90 Å². The monoisotopic (exact) mass is 417 g/mol. The van der Waals surface area contributed by atoms with Gasteiger partial charge in [-0.3, -0.25) is 4.90 Å². The molecule has 4 nitrogen and oxygen atoms in total. The van der Waals surface area contributed by atoms with E-state index < -0.39 is 0 Å². The van der Waals surface area contributed by atoms with Gasteiger partial charge < -0.3 is 15.4 Å². The van der Waals surface area contributed by atoms with Crippen LogP contribution in [0.1, 0.15) is 24.0 Å². The van der Waals surface area contributed by atoms with Crippen molar-refractivity contribution in [2.45, 2.75) is 31.9 Å². The van der Waals surface area contributed by atoms with E-state index in [1.165, 1.54) is 12.0 Å². The number of nitrogens with zero attached hydrogens (tertiary/aromatic N) is 2. The summed E-state index contributed by atoms with van der Waals surface area (Å²) in [5.74, 6) is 0.629. The first-order valence-corrected chi connectivity index (χ1v) is 11.0. The molecule has 0 radical (unpaired) electrons. The molecule has 0 aliphatic carbocycles. The van der Waals surface area contributed by atoms with E-state index in [1.807, 2.05) is 36.4 Å². The number of rotatable bonds is 5. The van der Waals surface area contributed by atoms with Crippen molar-refractivity contribution in [2.75, 3.05) is 30.3 Å². The number of para-hydroxylation sites is 2. The van der Waals surface area contributed by atoms with Gasteiger partial charge >= 0.3 is 0 Å². The first-order valence-electron chi connectivity index (χ1n) is 11.0. The SMILES string of the molecule is Nc1ccc(CCN2CCCC2CN2c3ccc(F)cc3COc3ccccc32)cc1. The van der Waals surface area contributed by atoms with E-state index in [0.29, 0.717) is 12.6 Å². The molecule has 0 amide bonds. The molecule has 160 valence electrons. The van der Waals surface area contributed by atoms with Gasteiger partial charge in [0.2, 0.25) is 0 Å². The van der Waals surface area contributed by atoms with Crippen LogP contribution in [0.2, 0.25) is 0 Å². The van der Waals surface area contributed by atoms with Crippen molar-refractivity contribution in [2.24, 2.45) is 0 Å². The van der Waals surface area contributed by atoms with Gasteiger partial charge in [0.05, 0.1) is 5.69 Å². The minimum absolute atomic E-state index is 0.223. The van der Waals surface area contributed by atoms with E-state index in [9.17, 15) is 4.39 Å². The lowest BCUT2D eigenvalue weighted by Gasteiger charge is -2.32. The molecular weight excluding hydrogens is 389 g/mol. The first-order chi connectivity index (χ1) is 15.2. The highest BCUT2D eigenvalue weighted by Gasteiger charge is 2.30. The third-order valence-electron chi connectivity index (χ3n) is 6.43. The zero-order valence-corrected chi connectivity index (χ0v) is 17.6. The Hall–Kier alpha value is -3.05. The zero-order valence-electron chi connectivity index (χ0n) is 17.6. The molecule has 1 saturated heterocycles. The van der Waals surface area contributed by atoms with Crippen molar-refractivity contribution >= 4 is 17.1 Å². The quantitative estimate of drug-likeness (QED) is 0.583. The summed E-state index contributed by atoms with van der Waals surface area (Å²) in [5.41, 5.74) is 10.9. The van der Waals surface area contributed by atoms with Gasteiger partial charge in [0.1, 0.15) is 18.2 Å². The maximum Gasteiger partial charge on any atom is 0.143 e. The van der Waals surface area contributed by atoms with Crippen LogP contribution in [-0.4, -0.2) is 30.6 Å². The summed E-state index contributed by atoms with van der Waals surface area (Å²) in [7, 11) is 0. The predicted octanol–water partition coefficient (Wildman–Crippen LogP) is 5.15. The lowest BCUT2D eigenvalue weighted by molar-refractivity contribution is 0.261. The molecule has 3 aromatic rings. The third-order valence-corrected chi connectivity index (χ3v) is 6.43. The molecule has 5 heteroatoms. The van der Waals surface area contributed by atoms with Gasteiger partial charge in [0.15, 0.2) is 0 Å². The Labute approximate surface area is 183 Å². The summed E-state index contributed by atoms with van der Waals surface area (Å²) in [5, 5.41) is 0. The molecule has 5 rings (SSSR count). The Morgan fingerprint density at radius 3 is 2.71 bits per heavy atom. The molecule has 1 unspecified atom stereocenters. The number of hydrogen-bond acceptors (Lipinski definition) is 4. The average molecular weight is 418 g/mol. The van der Waals surface area contributed by atoms with E-state index >= 15 is 0 Å². The summed E-state index contributed by atoms with van der Waals surface area (Å²) in [6, 6.07) is 21.8. The minimum atomic E-state index is -0.223. The van der Waals surface area contributed by atoms with Gasteiger partial charge in [-0.25, -0.2) is 4.39 Å². The number of nitrogen functional groups attached to an aromatic ring is 1. The standard InChI is InChI=1S/C26H28FN3O/c27-21-9-12-24-20(16-21)18-31-26-6-2-1-5-25(26)30(24)17-23-4-3-14-29(23)15-13-19-7-10-22(28)11-8-19/h1-2,5-12,16,23H,3-4,13-15,17-18,28H2. The molecule has 0 bridgehead atoms. The largest absolute Gasteiger partial charge is 0.487 e. The summed E-state index contributed by atoms with van der Waals surface area (Å²) >= 11 is 0. The number of likely N-dealkylation sites (tertiary alicyclic amines) is 1. The fourth-order valence-corrected chi connectivity index (χ4v) is 4.78. The molecule has 1 atom stereocenters. The number of anilines is 3. The lowest BCUT2D eigenvalue weighted by atomic mass is 10.1. The second-order valence-corrected chi connectivity index (χ2v) is 8.46. The second-order valence-electron chi connectivity index (χ2n) is 8.46.